The predicted molar refractivity (Wildman–Crippen MR) is 160 cm³/mol. The molecule has 1 amide bonds. The van der Waals surface area contributed by atoms with Crippen LogP contribution in [0.1, 0.15) is 97.1 Å². The van der Waals surface area contributed by atoms with E-state index in [9.17, 15) is 9.59 Å². The lowest BCUT2D eigenvalue weighted by atomic mass is 9.95. The number of rotatable bonds is 13. The summed E-state index contributed by atoms with van der Waals surface area (Å²) in [6, 6.07) is 14.6. The van der Waals surface area contributed by atoms with E-state index in [0.29, 0.717) is 18.9 Å². The van der Waals surface area contributed by atoms with Gasteiger partial charge < -0.3 is 9.47 Å². The smallest absolute Gasteiger partial charge is 0.347 e. The molecule has 0 bridgehead atoms. The van der Waals surface area contributed by atoms with Crippen LogP contribution in [0.15, 0.2) is 47.5 Å². The Kier molecular flexibility index (Phi) is 10.0. The number of amidine groups is 1. The van der Waals surface area contributed by atoms with Gasteiger partial charge >= 0.3 is 5.97 Å². The van der Waals surface area contributed by atoms with E-state index in [1.54, 1.807) is 0 Å². The van der Waals surface area contributed by atoms with E-state index in [1.165, 1.54) is 5.56 Å². The van der Waals surface area contributed by atoms with Gasteiger partial charge in [-0.15, -0.1) is 0 Å². The van der Waals surface area contributed by atoms with E-state index in [1.807, 2.05) is 37.8 Å². The summed E-state index contributed by atoms with van der Waals surface area (Å²) in [5, 5.41) is 0. The number of hydrogen-bond donors (Lipinski definition) is 0. The Labute approximate surface area is 240 Å². The zero-order valence-corrected chi connectivity index (χ0v) is 25.0. The Morgan fingerprint density at radius 3 is 2.35 bits per heavy atom. The number of esters is 1. The van der Waals surface area contributed by atoms with Gasteiger partial charge in [-0.05, 0) is 67.0 Å². The molecule has 0 radical (unpaired) electrons. The van der Waals surface area contributed by atoms with Crippen molar-refractivity contribution in [2.24, 2.45) is 10.9 Å². The molecular weight excluding hydrogens is 500 g/mol. The minimum absolute atomic E-state index is 0.0143. The zero-order chi connectivity index (χ0) is 28.7. The number of carbonyl (C=O) groups is 2. The summed E-state index contributed by atoms with van der Waals surface area (Å²) in [7, 11) is 0. The van der Waals surface area contributed by atoms with Gasteiger partial charge in [0.15, 0.2) is 6.10 Å². The third-order valence-electron chi connectivity index (χ3n) is 8.08. The van der Waals surface area contributed by atoms with Crippen molar-refractivity contribution >= 4 is 17.7 Å². The number of benzene rings is 2. The maximum atomic E-state index is 13.5. The summed E-state index contributed by atoms with van der Waals surface area (Å²) in [6.45, 7) is 11.0. The number of hydrogen-bond acceptors (Lipinski definition) is 5. The van der Waals surface area contributed by atoms with E-state index in [2.05, 4.69) is 44.2 Å². The highest BCUT2D eigenvalue weighted by Crippen LogP contribution is 2.40. The summed E-state index contributed by atoms with van der Waals surface area (Å²) in [6.07, 6.45) is 8.24. The average Bonchev–Trinajstić information content (AvgIpc) is 3.52. The van der Waals surface area contributed by atoms with Gasteiger partial charge in [-0.1, -0.05) is 83.7 Å². The SMILES string of the molecule is CCCCC1=NC2(CCCC2)C(=O)N1Cc1ccc(-c2cc(OC(C(=O)OCC)C(C)C)ccc2CCC)cc1. The molecule has 1 aliphatic heterocycles. The van der Waals surface area contributed by atoms with Gasteiger partial charge in [-0.2, -0.15) is 0 Å². The van der Waals surface area contributed by atoms with E-state index in [4.69, 9.17) is 14.5 Å². The molecule has 1 fully saturated rings. The Morgan fingerprint density at radius 2 is 1.73 bits per heavy atom. The minimum Gasteiger partial charge on any atom is -0.478 e. The maximum absolute atomic E-state index is 13.5. The first-order valence-corrected chi connectivity index (χ1v) is 15.3. The normalized spacial score (nSPS) is 17.0. The van der Waals surface area contributed by atoms with E-state index < -0.39 is 11.6 Å². The second-order valence-corrected chi connectivity index (χ2v) is 11.6. The van der Waals surface area contributed by atoms with Crippen LogP contribution in [0.4, 0.5) is 0 Å². The molecule has 6 heteroatoms. The van der Waals surface area contributed by atoms with Crippen molar-refractivity contribution in [2.75, 3.05) is 6.61 Å². The van der Waals surface area contributed by atoms with Crippen LogP contribution in [-0.4, -0.2) is 40.9 Å². The predicted octanol–water partition coefficient (Wildman–Crippen LogP) is 7.52. The van der Waals surface area contributed by atoms with E-state index >= 15 is 0 Å². The van der Waals surface area contributed by atoms with Crippen molar-refractivity contribution in [3.05, 3.63) is 53.6 Å². The lowest BCUT2D eigenvalue weighted by Gasteiger charge is -2.23. The summed E-state index contributed by atoms with van der Waals surface area (Å²) in [5.74, 6) is 1.47. The van der Waals surface area contributed by atoms with Crippen molar-refractivity contribution < 1.29 is 19.1 Å². The second-order valence-electron chi connectivity index (χ2n) is 11.6. The van der Waals surface area contributed by atoms with E-state index in [-0.39, 0.29) is 17.8 Å². The molecule has 1 saturated carbocycles. The fraction of sp³-hybridized carbons (Fsp3) is 0.559. The van der Waals surface area contributed by atoms with Crippen molar-refractivity contribution in [3.63, 3.8) is 0 Å². The molecule has 2 aromatic carbocycles. The molecule has 0 N–H and O–H groups in total. The van der Waals surface area contributed by atoms with Gasteiger partial charge in [-0.3, -0.25) is 14.7 Å². The number of unbranched alkanes of at least 4 members (excludes halogenated alkanes) is 1. The van der Waals surface area contributed by atoms with Gasteiger partial charge in [0.2, 0.25) is 0 Å². The van der Waals surface area contributed by atoms with Gasteiger partial charge in [0.25, 0.3) is 5.91 Å². The molecule has 1 aliphatic carbocycles. The van der Waals surface area contributed by atoms with Crippen molar-refractivity contribution in [1.29, 1.82) is 0 Å². The molecule has 0 saturated heterocycles. The van der Waals surface area contributed by atoms with Crippen LogP contribution in [-0.2, 0) is 27.3 Å². The molecule has 2 aromatic rings. The van der Waals surface area contributed by atoms with Crippen LogP contribution < -0.4 is 4.74 Å². The monoisotopic (exact) mass is 546 g/mol. The molecule has 2 aliphatic rings. The van der Waals surface area contributed by atoms with Crippen molar-refractivity contribution in [1.82, 2.24) is 4.90 Å². The highest BCUT2D eigenvalue weighted by Gasteiger charge is 2.49. The Morgan fingerprint density at radius 1 is 1.00 bits per heavy atom. The van der Waals surface area contributed by atoms with Gasteiger partial charge in [0.05, 0.1) is 13.2 Å². The Balaban J connectivity index is 1.56. The minimum atomic E-state index is -0.656. The highest BCUT2D eigenvalue weighted by molar-refractivity contribution is 6.08. The van der Waals surface area contributed by atoms with Crippen LogP contribution in [0.5, 0.6) is 5.75 Å². The second kappa shape index (κ2) is 13.5. The first kappa shape index (κ1) is 29.8. The van der Waals surface area contributed by atoms with Crippen LogP contribution in [0.3, 0.4) is 0 Å². The molecule has 0 aromatic heterocycles. The molecule has 1 spiro atoms. The molecule has 6 nitrogen and oxygen atoms in total. The number of amides is 1. The maximum Gasteiger partial charge on any atom is 0.347 e. The lowest BCUT2D eigenvalue weighted by molar-refractivity contribution is -0.153. The van der Waals surface area contributed by atoms with Crippen molar-refractivity contribution in [3.8, 4) is 16.9 Å². The Bertz CT molecular complexity index is 1190. The van der Waals surface area contributed by atoms with Gasteiger partial charge in [-0.25, -0.2) is 4.79 Å². The average molecular weight is 547 g/mol. The third kappa shape index (κ3) is 6.59. The quantitative estimate of drug-likeness (QED) is 0.244. The largest absolute Gasteiger partial charge is 0.478 e. The molecule has 40 heavy (non-hydrogen) atoms. The number of ether oxygens (including phenoxy) is 2. The Hall–Kier alpha value is -3.15. The van der Waals surface area contributed by atoms with Crippen molar-refractivity contribution in [2.45, 2.75) is 111 Å². The molecule has 1 unspecified atom stereocenters. The number of aliphatic imine (C=N–C) groups is 1. The third-order valence-corrected chi connectivity index (χ3v) is 8.08. The topological polar surface area (TPSA) is 68.2 Å². The summed E-state index contributed by atoms with van der Waals surface area (Å²) >= 11 is 0. The van der Waals surface area contributed by atoms with Crippen LogP contribution in [0, 0.1) is 5.92 Å². The lowest BCUT2D eigenvalue weighted by Crippen LogP contribution is -2.40. The van der Waals surface area contributed by atoms with Crippen LogP contribution >= 0.6 is 0 Å². The number of aryl methyl sites for hydroxylation is 1. The first-order chi connectivity index (χ1) is 19.3. The molecule has 4 rings (SSSR count). The molecule has 1 heterocycles. The van der Waals surface area contributed by atoms with Gasteiger partial charge in [0.1, 0.15) is 17.1 Å². The summed E-state index contributed by atoms with van der Waals surface area (Å²) in [5.41, 5.74) is 4.03. The first-order valence-electron chi connectivity index (χ1n) is 15.3. The van der Waals surface area contributed by atoms with Gasteiger partial charge in [0, 0.05) is 12.3 Å². The number of nitrogens with zero attached hydrogens (tertiary/aromatic N) is 2. The van der Waals surface area contributed by atoms with E-state index in [0.717, 1.165) is 80.3 Å². The zero-order valence-electron chi connectivity index (χ0n) is 25.0. The molecule has 1 atom stereocenters. The van der Waals surface area contributed by atoms with Crippen LogP contribution in [0.2, 0.25) is 0 Å². The fourth-order valence-corrected chi connectivity index (χ4v) is 5.88. The van der Waals surface area contributed by atoms with Crippen LogP contribution in [0.25, 0.3) is 11.1 Å². The highest BCUT2D eigenvalue weighted by atomic mass is 16.6. The fourth-order valence-electron chi connectivity index (χ4n) is 5.88. The molecular formula is C34H46N2O4. The summed E-state index contributed by atoms with van der Waals surface area (Å²) < 4.78 is 11.4. The standard InChI is InChI=1S/C34H46N2O4/c1-6-9-13-30-35-34(20-10-11-21-34)33(38)36(30)23-25-14-16-27(17-15-25)29-22-28(19-18-26(29)12-7-2)40-31(24(4)5)32(37)39-8-3/h14-19,22,24,31H,6-13,20-21,23H2,1-5H3. The summed E-state index contributed by atoms with van der Waals surface area (Å²) in [4.78, 5) is 33.0. The molecule has 216 valence electrons. The number of carbonyl (C=O) groups excluding carboxylic acids is 2.